The van der Waals surface area contributed by atoms with Gasteiger partial charge in [-0.1, -0.05) is 6.07 Å². The van der Waals surface area contributed by atoms with Gasteiger partial charge in [0.2, 0.25) is 5.91 Å². The Kier molecular flexibility index (Phi) is 5.71. The van der Waals surface area contributed by atoms with Crippen molar-refractivity contribution in [2.75, 3.05) is 5.32 Å². The molecule has 0 spiro atoms. The second-order valence-electron chi connectivity index (χ2n) is 5.85. The van der Waals surface area contributed by atoms with Gasteiger partial charge in [0.15, 0.2) is 0 Å². The number of nitrogens with one attached hydrogen (secondary N) is 1. The molecule has 0 heterocycles. The third-order valence-electron chi connectivity index (χ3n) is 3.93. The van der Waals surface area contributed by atoms with Crippen molar-refractivity contribution in [1.82, 2.24) is 0 Å². The molecule has 0 aliphatic heterocycles. The Morgan fingerprint density at radius 3 is 2.52 bits per heavy atom. The van der Waals surface area contributed by atoms with Crippen LogP contribution in [0.2, 0.25) is 0 Å². The lowest BCUT2D eigenvalue weighted by Gasteiger charge is -2.18. The Balaban J connectivity index is 1.89. The summed E-state index contributed by atoms with van der Waals surface area (Å²) in [6, 6.07) is 4.14. The third kappa shape index (κ3) is 5.23. The highest BCUT2D eigenvalue weighted by Crippen LogP contribution is 2.30. The van der Waals surface area contributed by atoms with Gasteiger partial charge >= 0.3 is 6.18 Å². The number of hydrogen-bond acceptors (Lipinski definition) is 4. The molecule has 1 fully saturated rings. The van der Waals surface area contributed by atoms with Crippen LogP contribution in [0, 0.1) is 5.92 Å². The summed E-state index contributed by atoms with van der Waals surface area (Å²) < 4.78 is 37.8. The van der Waals surface area contributed by atoms with Crippen LogP contribution in [0.25, 0.3) is 0 Å². The van der Waals surface area contributed by atoms with Crippen LogP contribution in [0.5, 0.6) is 0 Å². The van der Waals surface area contributed by atoms with Gasteiger partial charge in [0, 0.05) is 37.8 Å². The Labute approximate surface area is 141 Å². The zero-order valence-electron chi connectivity index (χ0n) is 13.2. The van der Waals surface area contributed by atoms with E-state index in [2.05, 4.69) is 5.32 Å². The molecule has 1 N–H and O–H groups in total. The van der Waals surface area contributed by atoms with Gasteiger partial charge in [-0.3, -0.25) is 19.2 Å². The van der Waals surface area contributed by atoms with Gasteiger partial charge < -0.3 is 5.32 Å². The predicted octanol–water partition coefficient (Wildman–Crippen LogP) is 2.93. The van der Waals surface area contributed by atoms with Crippen molar-refractivity contribution in [1.29, 1.82) is 0 Å². The number of alkyl halides is 3. The van der Waals surface area contributed by atoms with E-state index >= 15 is 0 Å². The number of benzene rings is 1. The minimum absolute atomic E-state index is 0.0313. The number of Topliss-reactive ketones (excluding diaryl/α,β-unsaturated/α-hetero) is 3. The SMILES string of the molecule is O=C1CCC(=O)[C@H](C(=O)CCC(=O)Nc2cccc(C(F)(F)F)c2)C1. The van der Waals surface area contributed by atoms with E-state index in [1.807, 2.05) is 0 Å². The quantitative estimate of drug-likeness (QED) is 0.824. The number of anilines is 1. The molecule has 25 heavy (non-hydrogen) atoms. The molecule has 0 aromatic heterocycles. The van der Waals surface area contributed by atoms with Crippen LogP contribution in [0.4, 0.5) is 18.9 Å². The van der Waals surface area contributed by atoms with Gasteiger partial charge in [0.25, 0.3) is 0 Å². The number of amides is 1. The smallest absolute Gasteiger partial charge is 0.326 e. The van der Waals surface area contributed by atoms with Gasteiger partial charge in [-0.05, 0) is 18.2 Å². The van der Waals surface area contributed by atoms with Crippen molar-refractivity contribution in [3.8, 4) is 0 Å². The van der Waals surface area contributed by atoms with Gasteiger partial charge in [-0.25, -0.2) is 0 Å². The van der Waals surface area contributed by atoms with Crippen LogP contribution in [0.15, 0.2) is 24.3 Å². The van der Waals surface area contributed by atoms with Crippen molar-refractivity contribution < 1.29 is 32.3 Å². The molecule has 1 aromatic rings. The van der Waals surface area contributed by atoms with E-state index in [0.29, 0.717) is 0 Å². The number of carbonyl (C=O) groups excluding carboxylic acids is 4. The first-order valence-corrected chi connectivity index (χ1v) is 7.71. The fourth-order valence-electron chi connectivity index (χ4n) is 2.58. The van der Waals surface area contributed by atoms with Gasteiger partial charge in [0.05, 0.1) is 11.5 Å². The van der Waals surface area contributed by atoms with Crippen molar-refractivity contribution in [2.24, 2.45) is 5.92 Å². The van der Waals surface area contributed by atoms with Crippen molar-refractivity contribution in [3.05, 3.63) is 29.8 Å². The third-order valence-corrected chi connectivity index (χ3v) is 3.93. The maximum atomic E-state index is 12.6. The first-order valence-electron chi connectivity index (χ1n) is 7.71. The van der Waals surface area contributed by atoms with Crippen molar-refractivity contribution >= 4 is 28.9 Å². The maximum absolute atomic E-state index is 12.6. The molecule has 134 valence electrons. The number of ketones is 3. The topological polar surface area (TPSA) is 80.3 Å². The van der Waals surface area contributed by atoms with Crippen LogP contribution >= 0.6 is 0 Å². The lowest BCUT2D eigenvalue weighted by molar-refractivity contribution is -0.140. The summed E-state index contributed by atoms with van der Waals surface area (Å²) in [7, 11) is 0. The van der Waals surface area contributed by atoms with Crippen LogP contribution in [-0.4, -0.2) is 23.3 Å². The van der Waals surface area contributed by atoms with E-state index in [4.69, 9.17) is 0 Å². The van der Waals surface area contributed by atoms with Gasteiger partial charge in [-0.15, -0.1) is 0 Å². The number of hydrogen-bond donors (Lipinski definition) is 1. The van der Waals surface area contributed by atoms with Crippen LogP contribution in [0.1, 0.15) is 37.7 Å². The summed E-state index contributed by atoms with van der Waals surface area (Å²) in [5.74, 6) is -2.59. The second-order valence-corrected chi connectivity index (χ2v) is 5.85. The molecular formula is C17H16F3NO4. The zero-order chi connectivity index (χ0) is 18.6. The standard InChI is InChI=1S/C17H16F3NO4/c18-17(19,20)10-2-1-3-11(8-10)21-16(25)7-6-15(24)13-9-12(22)4-5-14(13)23/h1-3,8,13H,4-7,9H2,(H,21,25)/t13-/m1/s1. The minimum Gasteiger partial charge on any atom is -0.326 e. The molecular weight excluding hydrogens is 339 g/mol. The molecule has 1 atom stereocenters. The summed E-state index contributed by atoms with van der Waals surface area (Å²) in [6.45, 7) is 0. The molecule has 1 saturated carbocycles. The molecule has 1 amide bonds. The van der Waals surface area contributed by atoms with Crippen molar-refractivity contribution in [2.45, 2.75) is 38.3 Å². The molecule has 1 aromatic carbocycles. The Morgan fingerprint density at radius 2 is 1.84 bits per heavy atom. The monoisotopic (exact) mass is 355 g/mol. The predicted molar refractivity (Wildman–Crippen MR) is 81.7 cm³/mol. The van der Waals surface area contributed by atoms with Gasteiger partial charge in [-0.2, -0.15) is 13.2 Å². The van der Waals surface area contributed by atoms with Gasteiger partial charge in [0.1, 0.15) is 17.3 Å². The molecule has 8 heteroatoms. The lowest BCUT2D eigenvalue weighted by Crippen LogP contribution is -2.31. The summed E-state index contributed by atoms with van der Waals surface area (Å²) in [4.78, 5) is 46.8. The normalized spacial score (nSPS) is 18.1. The van der Waals surface area contributed by atoms with Crippen molar-refractivity contribution in [3.63, 3.8) is 0 Å². The van der Waals surface area contributed by atoms with Crippen LogP contribution in [0.3, 0.4) is 0 Å². The molecule has 0 radical (unpaired) electrons. The first-order chi connectivity index (χ1) is 11.7. The largest absolute Gasteiger partial charge is 0.416 e. The second kappa shape index (κ2) is 7.58. The highest BCUT2D eigenvalue weighted by molar-refractivity contribution is 6.09. The Bertz CT molecular complexity index is 712. The van der Waals surface area contributed by atoms with E-state index in [1.54, 1.807) is 0 Å². The molecule has 2 rings (SSSR count). The number of rotatable bonds is 5. The van der Waals surface area contributed by atoms with Crippen LogP contribution in [-0.2, 0) is 25.4 Å². The molecule has 1 aliphatic carbocycles. The number of carbonyl (C=O) groups is 4. The fraction of sp³-hybridized carbons (Fsp3) is 0.412. The summed E-state index contributed by atoms with van der Waals surface area (Å²) in [5, 5.41) is 2.29. The molecule has 0 bridgehead atoms. The minimum atomic E-state index is -4.52. The average Bonchev–Trinajstić information content (AvgIpc) is 2.54. The maximum Gasteiger partial charge on any atom is 0.416 e. The van der Waals surface area contributed by atoms with E-state index in [-0.39, 0.29) is 49.4 Å². The average molecular weight is 355 g/mol. The zero-order valence-corrected chi connectivity index (χ0v) is 13.2. The highest BCUT2D eigenvalue weighted by atomic mass is 19.4. The summed E-state index contributed by atoms with van der Waals surface area (Å²) in [6.07, 6.45) is -5.00. The Morgan fingerprint density at radius 1 is 1.12 bits per heavy atom. The summed E-state index contributed by atoms with van der Waals surface area (Å²) in [5.41, 5.74) is -0.927. The fourth-order valence-corrected chi connectivity index (χ4v) is 2.58. The number of halogens is 3. The highest BCUT2D eigenvalue weighted by Gasteiger charge is 2.33. The molecule has 5 nitrogen and oxygen atoms in total. The van der Waals surface area contributed by atoms with E-state index in [0.717, 1.165) is 18.2 Å². The lowest BCUT2D eigenvalue weighted by atomic mass is 9.83. The van der Waals surface area contributed by atoms with Crippen LogP contribution < -0.4 is 5.32 Å². The Hall–Kier alpha value is -2.51. The van der Waals surface area contributed by atoms with E-state index in [1.165, 1.54) is 6.07 Å². The van der Waals surface area contributed by atoms with E-state index < -0.39 is 29.3 Å². The van der Waals surface area contributed by atoms with E-state index in [9.17, 15) is 32.3 Å². The first kappa shape index (κ1) is 18.8. The molecule has 0 unspecified atom stereocenters. The molecule has 1 aliphatic rings. The summed E-state index contributed by atoms with van der Waals surface area (Å²) >= 11 is 0. The molecule has 0 saturated heterocycles.